The van der Waals surface area contributed by atoms with Gasteiger partial charge in [-0.15, -0.1) is 0 Å². The van der Waals surface area contributed by atoms with Crippen molar-refractivity contribution in [2.24, 2.45) is 5.92 Å². The summed E-state index contributed by atoms with van der Waals surface area (Å²) < 4.78 is 45.0. The molecule has 2 aliphatic carbocycles. The third kappa shape index (κ3) is 5.51. The van der Waals surface area contributed by atoms with Gasteiger partial charge in [0.05, 0.1) is 11.4 Å². The van der Waals surface area contributed by atoms with E-state index < -0.39 is 24.2 Å². The highest BCUT2D eigenvalue weighted by Gasteiger charge is 2.47. The summed E-state index contributed by atoms with van der Waals surface area (Å²) in [6.45, 7) is 1.59. The number of anilines is 3. The van der Waals surface area contributed by atoms with Crippen molar-refractivity contribution in [3.8, 4) is 0 Å². The van der Waals surface area contributed by atoms with E-state index in [1.165, 1.54) is 28.6 Å². The molecule has 3 unspecified atom stereocenters. The first-order valence-corrected chi connectivity index (χ1v) is 14.3. The first-order chi connectivity index (χ1) is 21.5. The number of aryl methyl sites for hydroxylation is 1. The summed E-state index contributed by atoms with van der Waals surface area (Å²) in [5.41, 5.74) is 1.63. The van der Waals surface area contributed by atoms with Gasteiger partial charge in [0, 0.05) is 49.2 Å². The molecule has 13 nitrogen and oxygen atoms in total. The molecule has 4 amide bonds. The van der Waals surface area contributed by atoms with Crippen molar-refractivity contribution in [2.75, 3.05) is 29.1 Å². The molecule has 1 saturated heterocycles. The molecule has 232 valence electrons. The average Bonchev–Trinajstić information content (AvgIpc) is 3.92. The zero-order valence-electron chi connectivity index (χ0n) is 24.1. The first-order valence-electron chi connectivity index (χ1n) is 14.3. The van der Waals surface area contributed by atoms with Crippen LogP contribution in [0.5, 0.6) is 0 Å². The van der Waals surface area contributed by atoms with Gasteiger partial charge < -0.3 is 15.0 Å². The van der Waals surface area contributed by atoms with Crippen molar-refractivity contribution in [1.29, 1.82) is 0 Å². The largest absolute Gasteiger partial charge is 0.414 e. The van der Waals surface area contributed by atoms with Gasteiger partial charge in [-0.1, -0.05) is 0 Å². The van der Waals surface area contributed by atoms with Gasteiger partial charge in [-0.3, -0.25) is 19.4 Å². The van der Waals surface area contributed by atoms with Crippen molar-refractivity contribution in [3.05, 3.63) is 65.9 Å². The van der Waals surface area contributed by atoms with Crippen LogP contribution in [0.25, 0.3) is 5.65 Å². The summed E-state index contributed by atoms with van der Waals surface area (Å²) in [7, 11) is 1.35. The number of hydrogen-bond donors (Lipinski definition) is 2. The Labute approximate surface area is 253 Å². The van der Waals surface area contributed by atoms with E-state index in [9.17, 15) is 27.6 Å². The number of urea groups is 1. The topological polar surface area (TPSA) is 151 Å². The second kappa shape index (κ2) is 10.5. The highest BCUT2D eigenvalue weighted by atomic mass is 19.4. The van der Waals surface area contributed by atoms with Crippen LogP contribution in [-0.2, 0) is 9.59 Å². The van der Waals surface area contributed by atoms with Crippen LogP contribution < -0.4 is 15.5 Å². The molecule has 16 heteroatoms. The smallest absolute Gasteiger partial charge is 0.354 e. The van der Waals surface area contributed by atoms with Crippen LogP contribution in [0, 0.1) is 12.8 Å². The Hall–Kier alpha value is -5.15. The molecule has 7 rings (SSSR count). The van der Waals surface area contributed by atoms with Crippen molar-refractivity contribution in [1.82, 2.24) is 34.2 Å². The number of hydrogen-bond acceptors (Lipinski definition) is 9. The van der Waals surface area contributed by atoms with E-state index in [-0.39, 0.29) is 58.9 Å². The van der Waals surface area contributed by atoms with Gasteiger partial charge in [0.25, 0.3) is 0 Å². The maximum absolute atomic E-state index is 14.5. The number of imide groups is 1. The summed E-state index contributed by atoms with van der Waals surface area (Å²) >= 11 is 0. The van der Waals surface area contributed by atoms with Gasteiger partial charge in [-0.25, -0.2) is 29.7 Å². The fourth-order valence-electron chi connectivity index (χ4n) is 5.50. The standard InChI is InChI=1S/C29H27F3N10O3/c1-14-5-6-33-25(36-14)17-8-18(17)27(44)39-22-9-21(34-13-35-22)38-24(29(30,31)32)19-11-41-10-16(15-3-4-15)7-20(26(41)37-19)42-12-23(43)40(2)28(42)45/h5-7,9-11,13,15,17-18,24H,3-4,8,12H2,1-2H3,(H2,34,35,38,39,44). The van der Waals surface area contributed by atoms with E-state index in [0.717, 1.165) is 35.3 Å². The first kappa shape index (κ1) is 28.6. The van der Waals surface area contributed by atoms with Crippen LogP contribution in [0.15, 0.2) is 43.1 Å². The Balaban J connectivity index is 1.14. The molecular weight excluding hydrogens is 593 g/mol. The summed E-state index contributed by atoms with van der Waals surface area (Å²) in [5, 5.41) is 5.04. The van der Waals surface area contributed by atoms with E-state index in [2.05, 4.69) is 35.6 Å². The number of likely N-dealkylation sites (N-methyl/N-ethyl adjacent to an activating group) is 1. The summed E-state index contributed by atoms with van der Waals surface area (Å²) in [5.74, 6) is -0.671. The highest BCUT2D eigenvalue weighted by molar-refractivity contribution is 6.13. The zero-order chi connectivity index (χ0) is 31.6. The number of nitrogens with one attached hydrogen (secondary N) is 2. The molecule has 4 aromatic rings. The van der Waals surface area contributed by atoms with E-state index in [1.807, 2.05) is 6.92 Å². The van der Waals surface area contributed by atoms with Gasteiger partial charge in [0.2, 0.25) is 11.8 Å². The van der Waals surface area contributed by atoms with E-state index in [0.29, 0.717) is 12.2 Å². The van der Waals surface area contributed by atoms with Gasteiger partial charge >= 0.3 is 12.2 Å². The Morgan fingerprint density at radius 3 is 2.53 bits per heavy atom. The van der Waals surface area contributed by atoms with Gasteiger partial charge in [-0.05, 0) is 49.8 Å². The number of imidazole rings is 1. The normalized spacial score (nSPS) is 20.6. The molecular formula is C29H27F3N10O3. The molecule has 0 radical (unpaired) electrons. The van der Waals surface area contributed by atoms with E-state index in [4.69, 9.17) is 0 Å². The fraction of sp³-hybridized carbons (Fsp3) is 0.379. The second-order valence-corrected chi connectivity index (χ2v) is 11.6. The lowest BCUT2D eigenvalue weighted by atomic mass is 10.1. The van der Waals surface area contributed by atoms with Crippen molar-refractivity contribution in [3.63, 3.8) is 0 Å². The minimum Gasteiger partial charge on any atom is -0.354 e. The number of fused-ring (bicyclic) bond motifs is 1. The third-order valence-corrected chi connectivity index (χ3v) is 8.20. The number of rotatable bonds is 8. The molecule has 0 aromatic carbocycles. The predicted molar refractivity (Wildman–Crippen MR) is 153 cm³/mol. The third-order valence-electron chi connectivity index (χ3n) is 8.20. The SMILES string of the molecule is Cc1ccnc(C2CC2C(=O)Nc2cc(NC(c3cn4cc(C5CC5)cc(N5CC(=O)N(C)C5=O)c4n3)C(F)(F)F)ncn2)n1. The lowest BCUT2D eigenvalue weighted by Gasteiger charge is -2.20. The quantitative estimate of drug-likeness (QED) is 0.279. The number of halogens is 3. The van der Waals surface area contributed by atoms with Crippen LogP contribution in [0.3, 0.4) is 0 Å². The summed E-state index contributed by atoms with van der Waals surface area (Å²) in [4.78, 5) is 60.9. The van der Waals surface area contributed by atoms with Crippen molar-refractivity contribution >= 4 is 40.8 Å². The Kier molecular flexibility index (Phi) is 6.67. The zero-order valence-corrected chi connectivity index (χ0v) is 24.1. The van der Waals surface area contributed by atoms with Crippen LogP contribution in [-0.4, -0.2) is 71.8 Å². The summed E-state index contributed by atoms with van der Waals surface area (Å²) in [6, 6.07) is 1.83. The molecule has 2 N–H and O–H groups in total. The maximum atomic E-state index is 14.5. The van der Waals surface area contributed by atoms with Gasteiger partial charge in [0.1, 0.15) is 30.3 Å². The number of alkyl halides is 3. The Morgan fingerprint density at radius 2 is 1.84 bits per heavy atom. The van der Waals surface area contributed by atoms with E-state index >= 15 is 0 Å². The summed E-state index contributed by atoms with van der Waals surface area (Å²) in [6.07, 6.45) is 3.22. The molecule has 4 aromatic heterocycles. The molecule has 45 heavy (non-hydrogen) atoms. The lowest BCUT2D eigenvalue weighted by Crippen LogP contribution is -2.30. The molecule has 0 spiro atoms. The number of aromatic nitrogens is 6. The van der Waals surface area contributed by atoms with Crippen LogP contribution >= 0.6 is 0 Å². The van der Waals surface area contributed by atoms with Crippen LogP contribution in [0.4, 0.5) is 35.3 Å². The molecule has 2 saturated carbocycles. The second-order valence-electron chi connectivity index (χ2n) is 11.6. The lowest BCUT2D eigenvalue weighted by molar-refractivity contribution is -0.144. The van der Waals surface area contributed by atoms with Crippen molar-refractivity contribution in [2.45, 2.75) is 50.2 Å². The average molecular weight is 621 g/mol. The van der Waals surface area contributed by atoms with Gasteiger partial charge in [-0.2, -0.15) is 13.2 Å². The Morgan fingerprint density at radius 1 is 1.07 bits per heavy atom. The number of nitrogens with zero attached hydrogens (tertiary/aromatic N) is 8. The maximum Gasteiger partial charge on any atom is 0.414 e. The molecule has 0 bridgehead atoms. The number of carbonyl (C=O) groups is 3. The minimum absolute atomic E-state index is 0.0296. The number of pyridine rings is 1. The molecule has 3 fully saturated rings. The number of carbonyl (C=O) groups excluding carboxylic acids is 3. The minimum atomic E-state index is -4.81. The van der Waals surface area contributed by atoms with Crippen molar-refractivity contribution < 1.29 is 27.6 Å². The molecule has 3 aliphatic rings. The fourth-order valence-corrected chi connectivity index (χ4v) is 5.50. The van der Waals surface area contributed by atoms with Crippen LogP contribution in [0.2, 0.25) is 0 Å². The predicted octanol–water partition coefficient (Wildman–Crippen LogP) is 3.96. The number of amides is 4. The van der Waals surface area contributed by atoms with Gasteiger partial charge in [0.15, 0.2) is 11.7 Å². The highest BCUT2D eigenvalue weighted by Crippen LogP contribution is 2.47. The van der Waals surface area contributed by atoms with Crippen LogP contribution in [0.1, 0.15) is 59.9 Å². The molecule has 1 aliphatic heterocycles. The molecule has 5 heterocycles. The monoisotopic (exact) mass is 620 g/mol. The van der Waals surface area contributed by atoms with E-state index in [1.54, 1.807) is 24.5 Å². The molecule has 3 atom stereocenters. The Bertz CT molecular complexity index is 1860.